The molecule has 2 aromatic heterocycles. The summed E-state index contributed by atoms with van der Waals surface area (Å²) in [5, 5.41) is 1.20. The Morgan fingerprint density at radius 1 is 1.15 bits per heavy atom. The van der Waals surface area contributed by atoms with Gasteiger partial charge in [-0.2, -0.15) is 0 Å². The maximum Gasteiger partial charge on any atom is 0.338 e. The molecular weight excluding hydrogens is 340 g/mol. The number of esters is 1. The topological polar surface area (TPSA) is 61.5 Å². The number of pyridine rings is 1. The maximum atomic E-state index is 11.8. The van der Waals surface area contributed by atoms with E-state index >= 15 is 0 Å². The number of nitrogens with zero attached hydrogens (tertiary/aromatic N) is 3. The zero-order valence-corrected chi connectivity index (χ0v) is 15.5. The van der Waals surface area contributed by atoms with Crippen LogP contribution in [0.1, 0.15) is 22.8 Å². The fourth-order valence-corrected chi connectivity index (χ4v) is 3.57. The van der Waals surface area contributed by atoms with Crippen molar-refractivity contribution in [3.8, 4) is 0 Å². The van der Waals surface area contributed by atoms with Gasteiger partial charge >= 0.3 is 5.97 Å². The number of aromatic nitrogens is 2. The Labute approximate surface area is 158 Å². The Morgan fingerprint density at radius 2 is 1.93 bits per heavy atom. The lowest BCUT2D eigenvalue weighted by atomic mass is 10.1. The molecule has 1 aromatic carbocycles. The number of anilines is 1. The third-order valence-corrected chi connectivity index (χ3v) is 5.05. The minimum absolute atomic E-state index is 0.262. The highest BCUT2D eigenvalue weighted by molar-refractivity contribution is 5.89. The Balaban J connectivity index is 1.35. The Morgan fingerprint density at radius 3 is 2.67 bits per heavy atom. The first-order valence-electron chi connectivity index (χ1n) is 9.40. The van der Waals surface area contributed by atoms with Crippen LogP contribution < -0.4 is 4.90 Å². The first kappa shape index (κ1) is 17.5. The van der Waals surface area contributed by atoms with Crippen LogP contribution in [0.5, 0.6) is 0 Å². The molecule has 0 radical (unpaired) electrons. The highest BCUT2D eigenvalue weighted by atomic mass is 16.5. The molecule has 1 fully saturated rings. The van der Waals surface area contributed by atoms with Gasteiger partial charge in [0.15, 0.2) is 0 Å². The third kappa shape index (κ3) is 3.80. The van der Waals surface area contributed by atoms with Crippen molar-refractivity contribution >= 4 is 22.7 Å². The lowest BCUT2D eigenvalue weighted by Gasteiger charge is -2.36. The number of nitrogens with one attached hydrogen (secondary N) is 1. The zero-order valence-electron chi connectivity index (χ0n) is 15.5. The number of piperazine rings is 1. The van der Waals surface area contributed by atoms with Gasteiger partial charge in [0.25, 0.3) is 0 Å². The third-order valence-electron chi connectivity index (χ3n) is 5.05. The molecule has 140 valence electrons. The lowest BCUT2D eigenvalue weighted by molar-refractivity contribution is 0.0526. The second-order valence-electron chi connectivity index (χ2n) is 6.74. The van der Waals surface area contributed by atoms with E-state index in [4.69, 9.17) is 4.74 Å². The Kier molecular flexibility index (Phi) is 5.07. The highest BCUT2D eigenvalue weighted by Crippen LogP contribution is 2.21. The maximum absolute atomic E-state index is 11.8. The minimum Gasteiger partial charge on any atom is -0.462 e. The summed E-state index contributed by atoms with van der Waals surface area (Å²) in [6.45, 7) is 7.10. The standard InChI is InChI=1S/C21H24N4O2/c1-2-27-21(26)16-5-7-18(8-6-16)25-12-10-24(11-13-25)15-17-14-23-20-19(17)4-3-9-22-20/h3-9,14H,2,10-13,15H2,1H3,(H,22,23). The summed E-state index contributed by atoms with van der Waals surface area (Å²) in [6.07, 6.45) is 3.88. The van der Waals surface area contributed by atoms with E-state index in [1.54, 1.807) is 0 Å². The number of carbonyl (C=O) groups is 1. The SMILES string of the molecule is CCOC(=O)c1ccc(N2CCN(Cc3c[nH]c4ncccc34)CC2)cc1. The molecule has 6 nitrogen and oxygen atoms in total. The quantitative estimate of drug-likeness (QED) is 0.705. The molecule has 6 heteroatoms. The van der Waals surface area contributed by atoms with Crippen LogP contribution in [0.4, 0.5) is 5.69 Å². The number of aromatic amines is 1. The summed E-state index contributed by atoms with van der Waals surface area (Å²) >= 11 is 0. The summed E-state index contributed by atoms with van der Waals surface area (Å²) in [7, 11) is 0. The van der Waals surface area contributed by atoms with Gasteiger partial charge in [0.2, 0.25) is 0 Å². The lowest BCUT2D eigenvalue weighted by Crippen LogP contribution is -2.45. The van der Waals surface area contributed by atoms with Crippen molar-refractivity contribution < 1.29 is 9.53 Å². The largest absolute Gasteiger partial charge is 0.462 e. The number of H-pyrrole nitrogens is 1. The molecule has 1 aliphatic rings. The number of rotatable bonds is 5. The van der Waals surface area contributed by atoms with Crippen LogP contribution in [0.3, 0.4) is 0 Å². The Bertz CT molecular complexity index is 911. The van der Waals surface area contributed by atoms with Crippen molar-refractivity contribution in [3.63, 3.8) is 0 Å². The normalized spacial score (nSPS) is 15.2. The van der Waals surface area contributed by atoms with E-state index in [0.717, 1.165) is 44.1 Å². The molecule has 3 aromatic rings. The predicted octanol–water partition coefficient (Wildman–Crippen LogP) is 3.06. The zero-order chi connectivity index (χ0) is 18.6. The molecule has 1 saturated heterocycles. The van der Waals surface area contributed by atoms with Crippen molar-refractivity contribution in [2.75, 3.05) is 37.7 Å². The van der Waals surface area contributed by atoms with Crippen molar-refractivity contribution in [1.82, 2.24) is 14.9 Å². The summed E-state index contributed by atoms with van der Waals surface area (Å²) in [6, 6.07) is 11.8. The minimum atomic E-state index is -0.262. The van der Waals surface area contributed by atoms with Crippen LogP contribution in [-0.2, 0) is 11.3 Å². The van der Waals surface area contributed by atoms with Crippen LogP contribution >= 0.6 is 0 Å². The summed E-state index contributed by atoms with van der Waals surface area (Å²) in [5.41, 5.74) is 4.00. The number of ether oxygens (including phenoxy) is 1. The van der Waals surface area contributed by atoms with Gasteiger partial charge in [-0.3, -0.25) is 4.90 Å². The number of carbonyl (C=O) groups excluding carboxylic acids is 1. The average Bonchev–Trinajstić information content (AvgIpc) is 3.12. The van der Waals surface area contributed by atoms with Crippen LogP contribution in [0, 0.1) is 0 Å². The summed E-state index contributed by atoms with van der Waals surface area (Å²) in [5.74, 6) is -0.262. The van der Waals surface area contributed by atoms with Crippen molar-refractivity contribution in [1.29, 1.82) is 0 Å². The number of hydrogen-bond acceptors (Lipinski definition) is 5. The number of hydrogen-bond donors (Lipinski definition) is 1. The van der Waals surface area contributed by atoms with Gasteiger partial charge in [-0.15, -0.1) is 0 Å². The average molecular weight is 364 g/mol. The fraction of sp³-hybridized carbons (Fsp3) is 0.333. The van der Waals surface area contributed by atoms with Gasteiger partial charge in [-0.05, 0) is 48.9 Å². The molecule has 4 rings (SSSR count). The summed E-state index contributed by atoms with van der Waals surface area (Å²) < 4.78 is 5.04. The van der Waals surface area contributed by atoms with E-state index in [-0.39, 0.29) is 5.97 Å². The van der Waals surface area contributed by atoms with Crippen LogP contribution in [-0.4, -0.2) is 53.6 Å². The van der Waals surface area contributed by atoms with Gasteiger partial charge < -0.3 is 14.6 Å². The molecule has 0 amide bonds. The van der Waals surface area contributed by atoms with Gasteiger partial charge in [0.1, 0.15) is 5.65 Å². The monoisotopic (exact) mass is 364 g/mol. The van der Waals surface area contributed by atoms with Crippen LogP contribution in [0.15, 0.2) is 48.8 Å². The molecule has 1 aliphatic heterocycles. The van der Waals surface area contributed by atoms with E-state index in [0.29, 0.717) is 12.2 Å². The molecule has 0 atom stereocenters. The molecule has 0 aliphatic carbocycles. The molecule has 0 bridgehead atoms. The fourth-order valence-electron chi connectivity index (χ4n) is 3.57. The van der Waals surface area contributed by atoms with E-state index < -0.39 is 0 Å². The smallest absolute Gasteiger partial charge is 0.338 e. The first-order chi connectivity index (χ1) is 13.2. The molecule has 27 heavy (non-hydrogen) atoms. The molecule has 0 saturated carbocycles. The Hall–Kier alpha value is -2.86. The van der Waals surface area contributed by atoms with Gasteiger partial charge in [-0.1, -0.05) is 0 Å². The van der Waals surface area contributed by atoms with Gasteiger partial charge in [0, 0.05) is 56.2 Å². The number of fused-ring (bicyclic) bond motifs is 1. The predicted molar refractivity (Wildman–Crippen MR) is 106 cm³/mol. The van der Waals surface area contributed by atoms with E-state index in [1.807, 2.05) is 43.5 Å². The van der Waals surface area contributed by atoms with Crippen LogP contribution in [0.2, 0.25) is 0 Å². The summed E-state index contributed by atoms with van der Waals surface area (Å²) in [4.78, 5) is 24.2. The second kappa shape index (κ2) is 7.80. The first-order valence-corrected chi connectivity index (χ1v) is 9.40. The van der Waals surface area contributed by atoms with Crippen LogP contribution in [0.25, 0.3) is 11.0 Å². The molecule has 0 spiro atoms. The number of benzene rings is 1. The van der Waals surface area contributed by atoms with Crippen molar-refractivity contribution in [3.05, 3.63) is 59.9 Å². The molecular formula is C21H24N4O2. The highest BCUT2D eigenvalue weighted by Gasteiger charge is 2.19. The van der Waals surface area contributed by atoms with Crippen molar-refractivity contribution in [2.45, 2.75) is 13.5 Å². The van der Waals surface area contributed by atoms with Gasteiger partial charge in [0.05, 0.1) is 12.2 Å². The van der Waals surface area contributed by atoms with Crippen molar-refractivity contribution in [2.24, 2.45) is 0 Å². The van der Waals surface area contributed by atoms with E-state index in [1.165, 1.54) is 10.9 Å². The second-order valence-corrected chi connectivity index (χ2v) is 6.74. The molecule has 0 unspecified atom stereocenters. The van der Waals surface area contributed by atoms with E-state index in [9.17, 15) is 4.79 Å². The van der Waals surface area contributed by atoms with E-state index in [2.05, 4.69) is 32.0 Å². The molecule has 1 N–H and O–H groups in total. The molecule has 3 heterocycles. The van der Waals surface area contributed by atoms with Gasteiger partial charge in [-0.25, -0.2) is 9.78 Å².